The molecule has 13 heteroatoms. The van der Waals surface area contributed by atoms with Crippen molar-refractivity contribution >= 4 is 51.3 Å². The van der Waals surface area contributed by atoms with Crippen LogP contribution in [0.4, 0.5) is 0 Å². The van der Waals surface area contributed by atoms with Crippen LogP contribution in [0.15, 0.2) is 54.6 Å². The second kappa shape index (κ2) is 8.73. The number of rotatable bonds is 6. The monoisotopic (exact) mass is 506 g/mol. The Kier molecular flexibility index (Phi) is 6.23. The Labute approximate surface area is 195 Å². The first-order valence-corrected chi connectivity index (χ1v) is 13.4. The average Bonchev–Trinajstić information content (AvgIpc) is 2.76. The van der Waals surface area contributed by atoms with E-state index in [0.717, 1.165) is 27.1 Å². The third-order valence-electron chi connectivity index (χ3n) is 5.76. The lowest BCUT2D eigenvalue weighted by Gasteiger charge is -2.39. The highest BCUT2D eigenvalue weighted by Crippen LogP contribution is 2.42. The Morgan fingerprint density at radius 2 is 1.71 bits per heavy atom. The van der Waals surface area contributed by atoms with Crippen LogP contribution in [0.1, 0.15) is 18.4 Å². The summed E-state index contributed by atoms with van der Waals surface area (Å²) in [5, 5.41) is 3.60. The summed E-state index contributed by atoms with van der Waals surface area (Å²) in [4.78, 5) is 26.0. The van der Waals surface area contributed by atoms with Gasteiger partial charge in [-0.15, -0.1) is 4.49 Å². The van der Waals surface area contributed by atoms with Crippen LogP contribution in [0.25, 0.3) is 21.5 Å². The normalized spacial score (nSPS) is 20.9. The van der Waals surface area contributed by atoms with Crippen molar-refractivity contribution in [3.8, 4) is 0 Å². The molecular formula is C21H23N4O7PS. The van der Waals surface area contributed by atoms with Gasteiger partial charge in [0.15, 0.2) is 5.54 Å². The van der Waals surface area contributed by atoms with E-state index in [1.54, 1.807) is 0 Å². The predicted molar refractivity (Wildman–Crippen MR) is 126 cm³/mol. The van der Waals surface area contributed by atoms with Crippen molar-refractivity contribution in [1.29, 1.82) is 0 Å². The maximum Gasteiger partial charge on any atom is 0.341 e. The number of benzene rings is 3. The molecule has 0 bridgehead atoms. The van der Waals surface area contributed by atoms with Crippen LogP contribution in [0.2, 0.25) is 0 Å². The molecule has 2 atom stereocenters. The summed E-state index contributed by atoms with van der Waals surface area (Å²) in [5.74, 6) is -2.22. The molecule has 3 aromatic rings. The van der Waals surface area contributed by atoms with Crippen molar-refractivity contribution in [3.63, 3.8) is 0 Å². The number of nitrogens with two attached hydrogens (primary N) is 2. The smallest absolute Gasteiger partial charge is 0.341 e. The van der Waals surface area contributed by atoms with Crippen molar-refractivity contribution in [2.45, 2.75) is 25.0 Å². The zero-order chi connectivity index (χ0) is 24.7. The van der Waals surface area contributed by atoms with E-state index in [1.807, 2.05) is 54.6 Å². The molecule has 0 radical (unpaired) electrons. The lowest BCUT2D eigenvalue weighted by Crippen LogP contribution is -2.64. The van der Waals surface area contributed by atoms with Crippen LogP contribution in [0, 0.1) is 0 Å². The number of nitrogens with one attached hydrogen (secondary N) is 1. The maximum absolute atomic E-state index is 13.0. The Hall–Kier alpha value is -2.86. The number of amides is 1. The standard InChI is InChI=1S/C21H23N4O7PS/c22-21(10-5-11-25(19(21)26)33(23,28)24-34(29,30)31)20(27)32-13-18-16-8-3-1-6-14(16)12-15-7-2-4-9-17(15)18/h1-4,6-9,12H,5,10-11,13,22H2,(H3,23,24,28)(H,29,30,31)/t21-,33?/m0/s1. The molecule has 3 aromatic carbocycles. The van der Waals surface area contributed by atoms with Gasteiger partial charge < -0.3 is 10.5 Å². The Bertz CT molecular complexity index is 1410. The van der Waals surface area contributed by atoms with Crippen molar-refractivity contribution in [3.05, 3.63) is 60.2 Å². The largest absolute Gasteiger partial charge is 0.459 e. The molecule has 1 amide bonds. The molecule has 1 unspecified atom stereocenters. The number of nitrogens with zero attached hydrogens (tertiary/aromatic N) is 1. The Morgan fingerprint density at radius 1 is 1.15 bits per heavy atom. The number of esters is 1. The van der Waals surface area contributed by atoms with E-state index in [1.165, 1.54) is 4.49 Å². The summed E-state index contributed by atoms with van der Waals surface area (Å²) < 4.78 is 51.0. The van der Waals surface area contributed by atoms with E-state index < -0.39 is 35.3 Å². The molecule has 1 heterocycles. The minimum Gasteiger partial charge on any atom is -0.459 e. The summed E-state index contributed by atoms with van der Waals surface area (Å²) in [5.41, 5.74) is 10.1. The van der Waals surface area contributed by atoms with Crippen molar-refractivity contribution in [2.24, 2.45) is 11.2 Å². The fourth-order valence-electron chi connectivity index (χ4n) is 4.16. The van der Waals surface area contributed by atoms with E-state index in [0.29, 0.717) is 4.67 Å². The lowest BCUT2D eigenvalue weighted by atomic mass is 9.90. The minimum absolute atomic E-state index is 0.100. The molecule has 180 valence electrons. The Balaban J connectivity index is 1.62. The average molecular weight is 506 g/mol. The quantitative estimate of drug-likeness (QED) is 0.127. The van der Waals surface area contributed by atoms with Crippen LogP contribution in [0.3, 0.4) is 0 Å². The highest BCUT2D eigenvalue weighted by atomic mass is 32.2. The van der Waals surface area contributed by atoms with Gasteiger partial charge in [-0.05, 0) is 40.5 Å². The van der Waals surface area contributed by atoms with Crippen molar-refractivity contribution in [2.75, 3.05) is 6.54 Å². The molecule has 1 aliphatic heterocycles. The number of fused-ring (bicyclic) bond motifs is 2. The first-order chi connectivity index (χ1) is 15.9. The molecule has 1 fully saturated rings. The summed E-state index contributed by atoms with van der Waals surface area (Å²) in [6.07, 6.45) is -0.0216. The van der Waals surface area contributed by atoms with Gasteiger partial charge >= 0.3 is 23.9 Å². The molecular weight excluding hydrogens is 483 g/mol. The van der Waals surface area contributed by atoms with Gasteiger partial charge in [0, 0.05) is 12.1 Å². The van der Waals surface area contributed by atoms with Crippen LogP contribution >= 0.6 is 7.59 Å². The maximum atomic E-state index is 13.0. The second-order valence-electron chi connectivity index (χ2n) is 8.07. The van der Waals surface area contributed by atoms with E-state index in [2.05, 4.69) is 0 Å². The van der Waals surface area contributed by atoms with E-state index in [-0.39, 0.29) is 26.0 Å². The number of carbonyl (C=O) groups excluding carboxylic acids is 2. The molecule has 1 saturated heterocycles. The molecule has 6 N–H and O–H groups in total. The number of ether oxygens (including phenoxy) is 1. The minimum atomic E-state index is -4.99. The highest BCUT2D eigenvalue weighted by molar-refractivity contribution is 7.90. The third kappa shape index (κ3) is 4.56. The van der Waals surface area contributed by atoms with Gasteiger partial charge in [0.1, 0.15) is 6.61 Å². The first kappa shape index (κ1) is 24.3. The second-order valence-corrected chi connectivity index (χ2v) is 11.5. The molecule has 11 nitrogen and oxygen atoms in total. The van der Waals surface area contributed by atoms with Crippen molar-refractivity contribution in [1.82, 2.24) is 9.16 Å². The van der Waals surface area contributed by atoms with E-state index in [4.69, 9.17) is 20.5 Å². The van der Waals surface area contributed by atoms with Crippen LogP contribution < -0.4 is 15.7 Å². The summed E-state index contributed by atoms with van der Waals surface area (Å²) >= 11 is 0. The fourth-order valence-corrected chi connectivity index (χ4v) is 6.77. The van der Waals surface area contributed by atoms with Crippen LogP contribution in [-0.4, -0.2) is 41.6 Å². The van der Waals surface area contributed by atoms with Gasteiger partial charge in [-0.2, -0.15) is 8.42 Å². The van der Waals surface area contributed by atoms with Crippen molar-refractivity contribution < 1.29 is 31.9 Å². The van der Waals surface area contributed by atoms with Gasteiger partial charge in [-0.25, -0.2) is 4.79 Å². The van der Waals surface area contributed by atoms with Gasteiger partial charge in [-0.1, -0.05) is 48.5 Å². The summed E-state index contributed by atoms with van der Waals surface area (Å²) in [6.45, 7) is -0.411. The predicted octanol–water partition coefficient (Wildman–Crippen LogP) is 1.82. The number of carbonyl (C=O) groups is 2. The first-order valence-electron chi connectivity index (χ1n) is 10.3. The van der Waals surface area contributed by atoms with E-state index >= 15 is 0 Å². The summed E-state index contributed by atoms with van der Waals surface area (Å²) in [7, 11) is -9.59. The zero-order valence-electron chi connectivity index (χ0n) is 17.9. The van der Waals surface area contributed by atoms with Gasteiger partial charge in [-0.3, -0.25) is 24.1 Å². The fraction of sp³-hybridized carbons (Fsp3) is 0.238. The van der Waals surface area contributed by atoms with Gasteiger partial charge in [0.05, 0.1) is 0 Å². The van der Waals surface area contributed by atoms with Gasteiger partial charge in [0.2, 0.25) is 0 Å². The topological polar surface area (TPSA) is 182 Å². The lowest BCUT2D eigenvalue weighted by molar-refractivity contribution is -0.159. The molecule has 4 rings (SSSR count). The van der Waals surface area contributed by atoms with E-state index in [9.17, 15) is 22.6 Å². The van der Waals surface area contributed by atoms with Crippen LogP contribution in [-0.2, 0) is 35.8 Å². The molecule has 0 spiro atoms. The highest BCUT2D eigenvalue weighted by Gasteiger charge is 2.52. The molecule has 0 aliphatic carbocycles. The number of hydrogen-bond donors (Lipinski definition) is 4. The molecule has 1 aliphatic rings. The van der Waals surface area contributed by atoms with Crippen LogP contribution in [0.5, 0.6) is 0 Å². The number of hydrogen-bond acceptors (Lipinski definition) is 7. The Morgan fingerprint density at radius 3 is 2.26 bits per heavy atom. The number of piperidine rings is 1. The molecule has 0 saturated carbocycles. The zero-order valence-corrected chi connectivity index (χ0v) is 19.6. The summed E-state index contributed by atoms with van der Waals surface area (Å²) in [6, 6.07) is 17.2. The third-order valence-corrected chi connectivity index (χ3v) is 8.82. The molecule has 34 heavy (non-hydrogen) atoms. The van der Waals surface area contributed by atoms with Gasteiger partial charge in [0.25, 0.3) is 5.91 Å². The SMILES string of the molecule is N[C@@]1(C(=O)OCc2c3ccccc3cc3ccccc23)CCCN(P(N)(=O)NS(=O)(=O)O)C1=O. The molecule has 0 aromatic heterocycles.